The lowest BCUT2D eigenvalue weighted by Crippen LogP contribution is -2.40. The predicted molar refractivity (Wildman–Crippen MR) is 86.6 cm³/mol. The first kappa shape index (κ1) is 15.1. The number of hydrogen-bond donors (Lipinski definition) is 1. The molecule has 0 heterocycles. The van der Waals surface area contributed by atoms with Crippen LogP contribution in [0.15, 0.2) is 22.7 Å². The Labute approximate surface area is 126 Å². The zero-order chi connectivity index (χ0) is 13.8. The van der Waals surface area contributed by atoms with Crippen molar-refractivity contribution in [1.29, 1.82) is 0 Å². The van der Waals surface area contributed by atoms with E-state index in [4.69, 9.17) is 0 Å². The van der Waals surface area contributed by atoms with Crippen molar-refractivity contribution in [2.24, 2.45) is 5.92 Å². The minimum atomic E-state index is 0.636. The van der Waals surface area contributed by atoms with E-state index in [1.54, 1.807) is 0 Å². The Morgan fingerprint density at radius 1 is 1.32 bits per heavy atom. The second-order valence-corrected chi connectivity index (χ2v) is 7.09. The summed E-state index contributed by atoms with van der Waals surface area (Å²) in [4.78, 5) is 0. The van der Waals surface area contributed by atoms with Gasteiger partial charge in [-0.05, 0) is 61.8 Å². The molecule has 0 fully saturated rings. The van der Waals surface area contributed by atoms with E-state index in [0.717, 1.165) is 5.92 Å². The lowest BCUT2D eigenvalue weighted by atomic mass is 9.87. The van der Waals surface area contributed by atoms with Crippen molar-refractivity contribution in [1.82, 2.24) is 5.32 Å². The smallest absolute Gasteiger partial charge is 0.0178 e. The van der Waals surface area contributed by atoms with Gasteiger partial charge in [0.2, 0.25) is 0 Å². The Kier molecular flexibility index (Phi) is 5.47. The summed E-state index contributed by atoms with van der Waals surface area (Å²) >= 11 is 3.57. The van der Waals surface area contributed by atoms with Gasteiger partial charge in [0.05, 0.1) is 0 Å². The SMILES string of the molecule is CCC(C)CC(C)NC1CCc2cc(Br)ccc2C1. The molecular weight excluding hydrogens is 298 g/mol. The highest BCUT2D eigenvalue weighted by atomic mass is 79.9. The minimum Gasteiger partial charge on any atom is -0.311 e. The molecule has 0 aliphatic heterocycles. The van der Waals surface area contributed by atoms with Gasteiger partial charge in [-0.3, -0.25) is 0 Å². The van der Waals surface area contributed by atoms with Crippen molar-refractivity contribution in [3.8, 4) is 0 Å². The molecule has 1 aromatic carbocycles. The Bertz CT molecular complexity index is 416. The molecule has 1 aromatic rings. The third-order valence-corrected chi connectivity index (χ3v) is 4.86. The molecular formula is C17H26BrN. The van der Waals surface area contributed by atoms with E-state index in [1.807, 2.05) is 0 Å². The first-order valence-corrected chi connectivity index (χ1v) is 8.41. The van der Waals surface area contributed by atoms with Crippen molar-refractivity contribution in [2.45, 2.75) is 65.0 Å². The number of halogens is 1. The Balaban J connectivity index is 1.89. The zero-order valence-electron chi connectivity index (χ0n) is 12.4. The van der Waals surface area contributed by atoms with Gasteiger partial charge in [0.15, 0.2) is 0 Å². The molecule has 0 radical (unpaired) electrons. The number of hydrogen-bond acceptors (Lipinski definition) is 1. The summed E-state index contributed by atoms with van der Waals surface area (Å²) in [7, 11) is 0. The molecule has 1 aliphatic carbocycles. The van der Waals surface area contributed by atoms with Gasteiger partial charge in [0.1, 0.15) is 0 Å². The second kappa shape index (κ2) is 6.90. The number of fused-ring (bicyclic) bond motifs is 1. The maximum absolute atomic E-state index is 3.83. The average molecular weight is 324 g/mol. The van der Waals surface area contributed by atoms with Gasteiger partial charge in [0.25, 0.3) is 0 Å². The van der Waals surface area contributed by atoms with Gasteiger partial charge in [0, 0.05) is 16.6 Å². The maximum atomic E-state index is 3.83. The molecule has 1 aliphatic rings. The van der Waals surface area contributed by atoms with Gasteiger partial charge in [-0.25, -0.2) is 0 Å². The number of rotatable bonds is 5. The summed E-state index contributed by atoms with van der Waals surface area (Å²) in [6, 6.07) is 8.04. The Hall–Kier alpha value is -0.340. The van der Waals surface area contributed by atoms with E-state index in [9.17, 15) is 0 Å². The molecule has 0 aromatic heterocycles. The van der Waals surface area contributed by atoms with Crippen LogP contribution in [0.1, 0.15) is 51.2 Å². The molecule has 0 amide bonds. The van der Waals surface area contributed by atoms with Crippen LogP contribution in [0.2, 0.25) is 0 Å². The highest BCUT2D eigenvalue weighted by molar-refractivity contribution is 9.10. The van der Waals surface area contributed by atoms with Crippen LogP contribution in [0.25, 0.3) is 0 Å². The maximum Gasteiger partial charge on any atom is 0.0178 e. The van der Waals surface area contributed by atoms with Crippen LogP contribution < -0.4 is 5.32 Å². The van der Waals surface area contributed by atoms with Crippen LogP contribution >= 0.6 is 15.9 Å². The lowest BCUT2D eigenvalue weighted by molar-refractivity contribution is 0.353. The molecule has 3 atom stereocenters. The van der Waals surface area contributed by atoms with E-state index in [-0.39, 0.29) is 0 Å². The molecule has 0 saturated heterocycles. The fourth-order valence-electron chi connectivity index (χ4n) is 3.11. The highest BCUT2D eigenvalue weighted by Gasteiger charge is 2.20. The number of aryl methyl sites for hydroxylation is 1. The molecule has 106 valence electrons. The van der Waals surface area contributed by atoms with Crippen molar-refractivity contribution in [3.63, 3.8) is 0 Å². The zero-order valence-corrected chi connectivity index (χ0v) is 14.0. The van der Waals surface area contributed by atoms with Gasteiger partial charge >= 0.3 is 0 Å². The van der Waals surface area contributed by atoms with Crippen LogP contribution in [0.4, 0.5) is 0 Å². The molecule has 2 rings (SSSR count). The topological polar surface area (TPSA) is 12.0 Å². The summed E-state index contributed by atoms with van der Waals surface area (Å²) in [5, 5.41) is 3.83. The first-order valence-electron chi connectivity index (χ1n) is 7.61. The quantitative estimate of drug-likeness (QED) is 0.826. The molecule has 2 heteroatoms. The highest BCUT2D eigenvalue weighted by Crippen LogP contribution is 2.25. The van der Waals surface area contributed by atoms with Gasteiger partial charge in [-0.1, -0.05) is 42.3 Å². The minimum absolute atomic E-state index is 0.636. The van der Waals surface area contributed by atoms with Gasteiger partial charge in [-0.15, -0.1) is 0 Å². The fourth-order valence-corrected chi connectivity index (χ4v) is 3.51. The van der Waals surface area contributed by atoms with Crippen LogP contribution in [0, 0.1) is 5.92 Å². The van der Waals surface area contributed by atoms with E-state index < -0.39 is 0 Å². The van der Waals surface area contributed by atoms with Crippen molar-refractivity contribution in [2.75, 3.05) is 0 Å². The molecule has 3 unspecified atom stereocenters. The summed E-state index contributed by atoms with van der Waals surface area (Å²) in [6.45, 7) is 6.97. The van der Waals surface area contributed by atoms with Crippen molar-refractivity contribution in [3.05, 3.63) is 33.8 Å². The fraction of sp³-hybridized carbons (Fsp3) is 0.647. The number of benzene rings is 1. The lowest BCUT2D eigenvalue weighted by Gasteiger charge is -2.29. The molecule has 0 bridgehead atoms. The summed E-state index contributed by atoms with van der Waals surface area (Å²) in [5.41, 5.74) is 3.06. The third-order valence-electron chi connectivity index (χ3n) is 4.37. The van der Waals surface area contributed by atoms with Gasteiger partial charge in [-0.2, -0.15) is 0 Å². The van der Waals surface area contributed by atoms with Crippen LogP contribution in [-0.4, -0.2) is 12.1 Å². The molecule has 1 N–H and O–H groups in total. The van der Waals surface area contributed by atoms with Crippen LogP contribution in [0.3, 0.4) is 0 Å². The van der Waals surface area contributed by atoms with Gasteiger partial charge < -0.3 is 5.32 Å². The van der Waals surface area contributed by atoms with E-state index in [1.165, 1.54) is 47.7 Å². The molecule has 0 saturated carbocycles. The predicted octanol–water partition coefficient (Wildman–Crippen LogP) is 4.72. The normalized spacial score (nSPS) is 21.8. The standard InChI is InChI=1S/C17H26BrN/c1-4-12(2)9-13(3)19-17-8-6-14-10-16(18)7-5-15(14)11-17/h5,7,10,12-13,17,19H,4,6,8-9,11H2,1-3H3. The van der Waals surface area contributed by atoms with Crippen LogP contribution in [-0.2, 0) is 12.8 Å². The Morgan fingerprint density at radius 2 is 2.11 bits per heavy atom. The molecule has 1 nitrogen and oxygen atoms in total. The number of nitrogens with one attached hydrogen (secondary N) is 1. The first-order chi connectivity index (χ1) is 9.08. The average Bonchev–Trinajstić information content (AvgIpc) is 2.38. The second-order valence-electron chi connectivity index (χ2n) is 6.17. The monoisotopic (exact) mass is 323 g/mol. The summed E-state index contributed by atoms with van der Waals surface area (Å²) in [6.07, 6.45) is 6.25. The van der Waals surface area contributed by atoms with E-state index in [2.05, 4.69) is 60.2 Å². The largest absolute Gasteiger partial charge is 0.311 e. The van der Waals surface area contributed by atoms with Crippen molar-refractivity contribution < 1.29 is 0 Å². The molecule has 19 heavy (non-hydrogen) atoms. The summed E-state index contributed by atoms with van der Waals surface area (Å²) < 4.78 is 1.21. The van der Waals surface area contributed by atoms with E-state index in [0.29, 0.717) is 12.1 Å². The van der Waals surface area contributed by atoms with Crippen molar-refractivity contribution >= 4 is 15.9 Å². The third kappa shape index (κ3) is 4.32. The van der Waals surface area contributed by atoms with E-state index >= 15 is 0 Å². The summed E-state index contributed by atoms with van der Waals surface area (Å²) in [5.74, 6) is 0.828. The van der Waals surface area contributed by atoms with Crippen LogP contribution in [0.5, 0.6) is 0 Å². The molecule has 0 spiro atoms. The Morgan fingerprint density at radius 3 is 2.84 bits per heavy atom.